The van der Waals surface area contributed by atoms with Crippen LogP contribution in [0.3, 0.4) is 0 Å². The molecule has 32 heavy (non-hydrogen) atoms. The lowest BCUT2D eigenvalue weighted by molar-refractivity contribution is -0.384. The summed E-state index contributed by atoms with van der Waals surface area (Å²) in [5, 5.41) is 18.3. The number of rotatable bonds is 4. The van der Waals surface area contributed by atoms with Crippen molar-refractivity contribution in [1.82, 2.24) is 4.68 Å². The second-order valence-electron chi connectivity index (χ2n) is 8.50. The topological polar surface area (TPSA) is 72.8 Å². The van der Waals surface area contributed by atoms with E-state index in [1.807, 2.05) is 4.68 Å². The molecule has 1 heterocycles. The zero-order valence-electron chi connectivity index (χ0n) is 17.9. The second kappa shape index (κ2) is 9.20. The van der Waals surface area contributed by atoms with Gasteiger partial charge in [0.05, 0.1) is 22.4 Å². The minimum absolute atomic E-state index is 0.0927. The molecule has 3 aromatic rings. The Labute approximate surface area is 191 Å². The second-order valence-corrected chi connectivity index (χ2v) is 9.33. The van der Waals surface area contributed by atoms with Crippen molar-refractivity contribution in [2.75, 3.05) is 0 Å². The largest absolute Gasteiger partial charge is 0.269 e. The van der Waals surface area contributed by atoms with Crippen LogP contribution in [0.1, 0.15) is 56.1 Å². The molecule has 0 spiro atoms. The molecule has 2 aromatic carbocycles. The zero-order valence-corrected chi connectivity index (χ0v) is 18.8. The van der Waals surface area contributed by atoms with E-state index in [1.54, 1.807) is 35.6 Å². The Morgan fingerprint density at radius 3 is 2.53 bits per heavy atom. The fourth-order valence-electron chi connectivity index (χ4n) is 4.63. The highest BCUT2D eigenvalue weighted by Gasteiger charge is 2.18. The maximum absolute atomic E-state index is 11.1. The van der Waals surface area contributed by atoms with Crippen LogP contribution in [0.5, 0.6) is 0 Å². The number of nitrogens with zero attached hydrogens (tertiary/aromatic N) is 4. The van der Waals surface area contributed by atoms with E-state index in [0.29, 0.717) is 6.04 Å². The van der Waals surface area contributed by atoms with Gasteiger partial charge in [0.1, 0.15) is 0 Å². The SMILES string of the molecule is O=[N+]([O-])c1ccc(-c2csc(=NC3CCCCC3)n2N=C2CCCc3ccccc32)cc1. The molecule has 0 N–H and O–H groups in total. The highest BCUT2D eigenvalue weighted by atomic mass is 32.1. The van der Waals surface area contributed by atoms with Crippen molar-refractivity contribution in [2.45, 2.75) is 57.4 Å². The van der Waals surface area contributed by atoms with Crippen LogP contribution in [-0.2, 0) is 6.42 Å². The van der Waals surface area contributed by atoms with Crippen molar-refractivity contribution in [2.24, 2.45) is 10.1 Å². The zero-order chi connectivity index (χ0) is 21.9. The molecular formula is C25H26N4O2S. The minimum atomic E-state index is -0.367. The minimum Gasteiger partial charge on any atom is -0.258 e. The molecule has 0 bridgehead atoms. The van der Waals surface area contributed by atoms with Gasteiger partial charge in [0.15, 0.2) is 0 Å². The van der Waals surface area contributed by atoms with Crippen LogP contribution < -0.4 is 4.80 Å². The van der Waals surface area contributed by atoms with Gasteiger partial charge >= 0.3 is 0 Å². The van der Waals surface area contributed by atoms with Crippen molar-refractivity contribution >= 4 is 22.7 Å². The number of hydrogen-bond donors (Lipinski definition) is 0. The summed E-state index contributed by atoms with van der Waals surface area (Å²) in [5.74, 6) is 0. The van der Waals surface area contributed by atoms with E-state index in [2.05, 4.69) is 29.6 Å². The van der Waals surface area contributed by atoms with Crippen molar-refractivity contribution < 1.29 is 4.92 Å². The molecule has 2 aliphatic rings. The molecule has 1 aromatic heterocycles. The number of nitro benzene ring substituents is 1. The first-order chi connectivity index (χ1) is 15.7. The summed E-state index contributed by atoms with van der Waals surface area (Å²) in [4.78, 5) is 16.7. The average molecular weight is 447 g/mol. The smallest absolute Gasteiger partial charge is 0.258 e. The lowest BCUT2D eigenvalue weighted by Gasteiger charge is -2.19. The van der Waals surface area contributed by atoms with Crippen molar-refractivity contribution in [3.05, 3.63) is 80.0 Å². The quantitative estimate of drug-likeness (QED) is 0.367. The molecule has 1 saturated carbocycles. The summed E-state index contributed by atoms with van der Waals surface area (Å²) in [5.41, 5.74) is 5.57. The van der Waals surface area contributed by atoms with E-state index in [-0.39, 0.29) is 10.6 Å². The first kappa shape index (κ1) is 20.8. The van der Waals surface area contributed by atoms with Gasteiger partial charge < -0.3 is 0 Å². The van der Waals surface area contributed by atoms with Crippen LogP contribution in [0.25, 0.3) is 11.3 Å². The van der Waals surface area contributed by atoms with Crippen LogP contribution in [-0.4, -0.2) is 21.4 Å². The van der Waals surface area contributed by atoms with Gasteiger partial charge in [-0.3, -0.25) is 15.1 Å². The first-order valence-electron chi connectivity index (χ1n) is 11.3. The standard InChI is InChI=1S/C25H26N4O2S/c30-29(31)21-15-13-19(14-16-21)24-17-32-25(26-20-9-2-1-3-10-20)28(24)27-23-12-6-8-18-7-4-5-11-22(18)23/h4-5,7,11,13-17,20H,1-3,6,8-10,12H2. The van der Waals surface area contributed by atoms with Gasteiger partial charge in [-0.1, -0.05) is 43.5 Å². The van der Waals surface area contributed by atoms with E-state index in [0.717, 1.165) is 53.9 Å². The van der Waals surface area contributed by atoms with E-state index in [4.69, 9.17) is 10.1 Å². The normalized spacial score (nSPS) is 18.6. The predicted octanol–water partition coefficient (Wildman–Crippen LogP) is 5.95. The first-order valence-corrected chi connectivity index (χ1v) is 12.2. The van der Waals surface area contributed by atoms with Crippen molar-refractivity contribution in [1.29, 1.82) is 0 Å². The summed E-state index contributed by atoms with van der Waals surface area (Å²) < 4.78 is 1.97. The Hall–Kier alpha value is -3.06. The number of aryl methyl sites for hydroxylation is 1. The Kier molecular flexibility index (Phi) is 5.99. The van der Waals surface area contributed by atoms with Gasteiger partial charge in [-0.25, -0.2) is 4.68 Å². The number of benzene rings is 2. The number of non-ortho nitro benzene ring substituents is 1. The molecule has 2 aliphatic carbocycles. The van der Waals surface area contributed by atoms with Gasteiger partial charge in [0, 0.05) is 28.6 Å². The van der Waals surface area contributed by atoms with Gasteiger partial charge in [0.25, 0.3) is 5.69 Å². The van der Waals surface area contributed by atoms with E-state index in [9.17, 15) is 10.1 Å². The van der Waals surface area contributed by atoms with Crippen LogP contribution in [0.15, 0.2) is 64.0 Å². The summed E-state index contributed by atoms with van der Waals surface area (Å²) in [6.45, 7) is 0. The number of fused-ring (bicyclic) bond motifs is 1. The van der Waals surface area contributed by atoms with E-state index >= 15 is 0 Å². The third-order valence-electron chi connectivity index (χ3n) is 6.34. The fraction of sp³-hybridized carbons (Fsp3) is 0.360. The molecule has 6 nitrogen and oxygen atoms in total. The lowest BCUT2D eigenvalue weighted by atomic mass is 9.90. The van der Waals surface area contributed by atoms with Crippen LogP contribution >= 0.6 is 11.3 Å². The Balaban J connectivity index is 1.63. The van der Waals surface area contributed by atoms with Crippen LogP contribution in [0.2, 0.25) is 0 Å². The number of hydrogen-bond acceptors (Lipinski definition) is 5. The number of aromatic nitrogens is 1. The number of thiazole rings is 1. The molecule has 0 amide bonds. The van der Waals surface area contributed by atoms with Crippen molar-refractivity contribution in [3.63, 3.8) is 0 Å². The molecular weight excluding hydrogens is 420 g/mol. The maximum atomic E-state index is 11.1. The molecule has 5 rings (SSSR count). The van der Waals surface area contributed by atoms with Gasteiger partial charge in [-0.15, -0.1) is 11.3 Å². The molecule has 0 saturated heterocycles. The lowest BCUT2D eigenvalue weighted by Crippen LogP contribution is -2.21. The number of nitro groups is 1. The predicted molar refractivity (Wildman–Crippen MR) is 128 cm³/mol. The molecule has 0 radical (unpaired) electrons. The highest BCUT2D eigenvalue weighted by molar-refractivity contribution is 7.07. The Morgan fingerprint density at radius 2 is 1.75 bits per heavy atom. The third-order valence-corrected chi connectivity index (χ3v) is 7.17. The summed E-state index contributed by atoms with van der Waals surface area (Å²) >= 11 is 1.60. The molecule has 0 unspecified atom stereocenters. The molecule has 7 heteroatoms. The summed E-state index contributed by atoms with van der Waals surface area (Å²) in [6, 6.07) is 15.6. The Bertz CT molecular complexity index is 1220. The van der Waals surface area contributed by atoms with Crippen LogP contribution in [0.4, 0.5) is 5.69 Å². The van der Waals surface area contributed by atoms with Gasteiger partial charge in [-0.2, -0.15) is 5.10 Å². The molecule has 1 fully saturated rings. The fourth-order valence-corrected chi connectivity index (χ4v) is 5.53. The molecule has 0 atom stereocenters. The monoisotopic (exact) mass is 446 g/mol. The van der Waals surface area contributed by atoms with Crippen LogP contribution in [0, 0.1) is 10.1 Å². The summed E-state index contributed by atoms with van der Waals surface area (Å²) in [7, 11) is 0. The third kappa shape index (κ3) is 4.30. The van der Waals surface area contributed by atoms with Gasteiger partial charge in [0.2, 0.25) is 4.80 Å². The highest BCUT2D eigenvalue weighted by Crippen LogP contribution is 2.26. The average Bonchev–Trinajstić information content (AvgIpc) is 3.22. The Morgan fingerprint density at radius 1 is 0.969 bits per heavy atom. The van der Waals surface area contributed by atoms with E-state index < -0.39 is 0 Å². The molecule has 0 aliphatic heterocycles. The maximum Gasteiger partial charge on any atom is 0.269 e. The summed E-state index contributed by atoms with van der Waals surface area (Å²) in [6.07, 6.45) is 9.12. The van der Waals surface area contributed by atoms with E-state index in [1.165, 1.54) is 30.4 Å². The molecule has 164 valence electrons. The van der Waals surface area contributed by atoms with Gasteiger partial charge in [-0.05, 0) is 49.8 Å². The van der Waals surface area contributed by atoms with Crippen molar-refractivity contribution in [3.8, 4) is 11.3 Å².